The Labute approximate surface area is 131 Å². The summed E-state index contributed by atoms with van der Waals surface area (Å²) in [4.78, 5) is 14.4. The van der Waals surface area contributed by atoms with E-state index >= 15 is 0 Å². The number of carbonyl (C=O) groups is 1. The van der Waals surface area contributed by atoms with E-state index in [1.54, 1.807) is 12.1 Å². The molecule has 0 saturated heterocycles. The fraction of sp³-hybridized carbons (Fsp3) is 0.278. The number of carbonyl (C=O) groups excluding carboxylic acids is 1. The fourth-order valence-electron chi connectivity index (χ4n) is 2.18. The molecular formula is C18H22N2O2. The Kier molecular flexibility index (Phi) is 5.55. The van der Waals surface area contributed by atoms with Crippen molar-refractivity contribution < 1.29 is 9.53 Å². The van der Waals surface area contributed by atoms with E-state index in [1.807, 2.05) is 57.4 Å². The molecule has 0 atom stereocenters. The van der Waals surface area contributed by atoms with Gasteiger partial charge in [0.05, 0.1) is 6.61 Å². The number of amides is 1. The second-order valence-corrected chi connectivity index (χ2v) is 5.31. The molecule has 2 rings (SSSR count). The van der Waals surface area contributed by atoms with Crippen LogP contribution in [0.4, 0.5) is 5.69 Å². The Morgan fingerprint density at radius 3 is 2.41 bits per heavy atom. The third-order valence-electron chi connectivity index (χ3n) is 3.18. The quantitative estimate of drug-likeness (QED) is 0.888. The molecule has 0 unspecified atom stereocenters. The Morgan fingerprint density at radius 2 is 1.77 bits per heavy atom. The van der Waals surface area contributed by atoms with E-state index in [2.05, 4.69) is 10.2 Å². The first-order valence-electron chi connectivity index (χ1n) is 7.37. The Balaban J connectivity index is 2.11. The molecule has 0 aliphatic rings. The molecule has 2 aromatic rings. The van der Waals surface area contributed by atoms with Crippen LogP contribution < -0.4 is 10.1 Å². The predicted molar refractivity (Wildman–Crippen MR) is 89.4 cm³/mol. The van der Waals surface area contributed by atoms with E-state index in [0.717, 1.165) is 23.5 Å². The highest BCUT2D eigenvalue weighted by Crippen LogP contribution is 2.18. The van der Waals surface area contributed by atoms with Crippen molar-refractivity contribution in [1.82, 2.24) is 4.90 Å². The number of benzene rings is 2. The maximum atomic E-state index is 12.4. The first-order chi connectivity index (χ1) is 10.6. The third-order valence-corrected chi connectivity index (χ3v) is 3.18. The van der Waals surface area contributed by atoms with Gasteiger partial charge in [0, 0.05) is 17.8 Å². The molecule has 0 aliphatic heterocycles. The van der Waals surface area contributed by atoms with E-state index < -0.39 is 0 Å². The summed E-state index contributed by atoms with van der Waals surface area (Å²) >= 11 is 0. The van der Waals surface area contributed by atoms with Crippen LogP contribution in [0.3, 0.4) is 0 Å². The summed E-state index contributed by atoms with van der Waals surface area (Å²) in [6, 6.07) is 15.0. The zero-order valence-corrected chi connectivity index (χ0v) is 13.3. The molecule has 1 amide bonds. The molecule has 0 aromatic heterocycles. The molecular weight excluding hydrogens is 276 g/mol. The standard InChI is InChI=1S/C18H22N2O2/c1-4-22-16-11-9-14(10-12-16)18(21)19-17-8-6-5-7-15(17)13-20(2)3/h5-12H,4,13H2,1-3H3,(H,19,21). The molecule has 2 aromatic carbocycles. The number of hydrogen-bond donors (Lipinski definition) is 1. The molecule has 0 spiro atoms. The molecule has 116 valence electrons. The Bertz CT molecular complexity index is 621. The second-order valence-electron chi connectivity index (χ2n) is 5.31. The van der Waals surface area contributed by atoms with Crippen LogP contribution in [-0.4, -0.2) is 31.5 Å². The third kappa shape index (κ3) is 4.33. The minimum Gasteiger partial charge on any atom is -0.494 e. The summed E-state index contributed by atoms with van der Waals surface area (Å²) in [5, 5.41) is 2.98. The van der Waals surface area contributed by atoms with Gasteiger partial charge in [-0.15, -0.1) is 0 Å². The normalized spacial score (nSPS) is 10.5. The van der Waals surface area contributed by atoms with E-state index in [9.17, 15) is 4.79 Å². The zero-order valence-electron chi connectivity index (χ0n) is 13.3. The lowest BCUT2D eigenvalue weighted by Gasteiger charge is -2.15. The SMILES string of the molecule is CCOc1ccc(C(=O)Nc2ccccc2CN(C)C)cc1. The molecule has 0 radical (unpaired) electrons. The van der Waals surface area contributed by atoms with Crippen LogP contribution in [0.15, 0.2) is 48.5 Å². The second kappa shape index (κ2) is 7.61. The molecule has 0 aliphatic carbocycles. The largest absolute Gasteiger partial charge is 0.494 e. The lowest BCUT2D eigenvalue weighted by Crippen LogP contribution is -2.16. The van der Waals surface area contributed by atoms with Crippen molar-refractivity contribution in [1.29, 1.82) is 0 Å². The van der Waals surface area contributed by atoms with Gasteiger partial charge in [-0.2, -0.15) is 0 Å². The number of rotatable bonds is 6. The predicted octanol–water partition coefficient (Wildman–Crippen LogP) is 3.40. The molecule has 4 nitrogen and oxygen atoms in total. The lowest BCUT2D eigenvalue weighted by atomic mass is 10.1. The van der Waals surface area contributed by atoms with E-state index in [1.165, 1.54) is 0 Å². The highest BCUT2D eigenvalue weighted by molar-refractivity contribution is 6.04. The number of anilines is 1. The van der Waals surface area contributed by atoms with Gasteiger partial charge in [0.1, 0.15) is 5.75 Å². The summed E-state index contributed by atoms with van der Waals surface area (Å²) in [6.07, 6.45) is 0. The Hall–Kier alpha value is -2.33. The van der Waals surface area contributed by atoms with E-state index in [4.69, 9.17) is 4.74 Å². The summed E-state index contributed by atoms with van der Waals surface area (Å²) in [6.45, 7) is 3.32. The van der Waals surface area contributed by atoms with Crippen LogP contribution in [-0.2, 0) is 6.54 Å². The number of nitrogens with zero attached hydrogens (tertiary/aromatic N) is 1. The highest BCUT2D eigenvalue weighted by atomic mass is 16.5. The first-order valence-corrected chi connectivity index (χ1v) is 7.37. The van der Waals surface area contributed by atoms with Crippen molar-refractivity contribution in [3.8, 4) is 5.75 Å². The zero-order chi connectivity index (χ0) is 15.9. The van der Waals surface area contributed by atoms with Crippen molar-refractivity contribution in [3.63, 3.8) is 0 Å². The molecule has 0 saturated carbocycles. The van der Waals surface area contributed by atoms with Gasteiger partial charge in [0.25, 0.3) is 5.91 Å². The molecule has 0 heterocycles. The molecule has 0 bridgehead atoms. The average molecular weight is 298 g/mol. The van der Waals surface area contributed by atoms with Crippen molar-refractivity contribution in [2.24, 2.45) is 0 Å². The number of hydrogen-bond acceptors (Lipinski definition) is 3. The van der Waals surface area contributed by atoms with Crippen LogP contribution in [0.5, 0.6) is 5.75 Å². The number of para-hydroxylation sites is 1. The summed E-state index contributed by atoms with van der Waals surface area (Å²) in [5.41, 5.74) is 2.55. The van der Waals surface area contributed by atoms with E-state index in [-0.39, 0.29) is 5.91 Å². The minimum atomic E-state index is -0.116. The maximum Gasteiger partial charge on any atom is 0.255 e. The summed E-state index contributed by atoms with van der Waals surface area (Å²) in [7, 11) is 4.01. The van der Waals surface area contributed by atoms with E-state index in [0.29, 0.717) is 12.2 Å². The van der Waals surface area contributed by atoms with Gasteiger partial charge in [0.2, 0.25) is 0 Å². The van der Waals surface area contributed by atoms with Gasteiger partial charge < -0.3 is 15.0 Å². The van der Waals surface area contributed by atoms with Gasteiger partial charge >= 0.3 is 0 Å². The van der Waals surface area contributed by atoms with Crippen molar-refractivity contribution >= 4 is 11.6 Å². The molecule has 4 heteroatoms. The number of nitrogens with one attached hydrogen (secondary N) is 1. The van der Waals surface area contributed by atoms with Gasteiger partial charge in [-0.25, -0.2) is 0 Å². The van der Waals surface area contributed by atoms with Gasteiger partial charge in [-0.05, 0) is 56.9 Å². The first kappa shape index (κ1) is 16.0. The topological polar surface area (TPSA) is 41.6 Å². The van der Waals surface area contributed by atoms with Crippen LogP contribution >= 0.6 is 0 Å². The van der Waals surface area contributed by atoms with Crippen LogP contribution in [0, 0.1) is 0 Å². The van der Waals surface area contributed by atoms with Crippen LogP contribution in [0.2, 0.25) is 0 Å². The summed E-state index contributed by atoms with van der Waals surface area (Å²) < 4.78 is 5.38. The van der Waals surface area contributed by atoms with Crippen molar-refractivity contribution in [2.45, 2.75) is 13.5 Å². The number of ether oxygens (including phenoxy) is 1. The Morgan fingerprint density at radius 1 is 1.09 bits per heavy atom. The van der Waals surface area contributed by atoms with Crippen molar-refractivity contribution in [2.75, 3.05) is 26.0 Å². The smallest absolute Gasteiger partial charge is 0.255 e. The van der Waals surface area contributed by atoms with Gasteiger partial charge in [-0.1, -0.05) is 18.2 Å². The van der Waals surface area contributed by atoms with Gasteiger partial charge in [0.15, 0.2) is 0 Å². The lowest BCUT2D eigenvalue weighted by molar-refractivity contribution is 0.102. The molecule has 1 N–H and O–H groups in total. The van der Waals surface area contributed by atoms with Crippen molar-refractivity contribution in [3.05, 3.63) is 59.7 Å². The highest BCUT2D eigenvalue weighted by Gasteiger charge is 2.09. The minimum absolute atomic E-state index is 0.116. The van der Waals surface area contributed by atoms with Crippen LogP contribution in [0.25, 0.3) is 0 Å². The summed E-state index contributed by atoms with van der Waals surface area (Å²) in [5.74, 6) is 0.654. The molecule has 0 fully saturated rings. The monoisotopic (exact) mass is 298 g/mol. The van der Waals surface area contributed by atoms with Crippen LogP contribution in [0.1, 0.15) is 22.8 Å². The fourth-order valence-corrected chi connectivity index (χ4v) is 2.18. The molecule has 22 heavy (non-hydrogen) atoms. The maximum absolute atomic E-state index is 12.4. The average Bonchev–Trinajstić information content (AvgIpc) is 2.50. The van der Waals surface area contributed by atoms with Gasteiger partial charge in [-0.3, -0.25) is 4.79 Å².